The van der Waals surface area contributed by atoms with Gasteiger partial charge in [-0.2, -0.15) is 0 Å². The molecule has 0 saturated carbocycles. The van der Waals surface area contributed by atoms with Crippen molar-refractivity contribution in [2.24, 2.45) is 11.3 Å². The van der Waals surface area contributed by atoms with Gasteiger partial charge in [-0.3, -0.25) is 4.79 Å². The van der Waals surface area contributed by atoms with Crippen LogP contribution in [-0.2, 0) is 4.79 Å². The van der Waals surface area contributed by atoms with Crippen molar-refractivity contribution in [2.45, 2.75) is 39.5 Å². The summed E-state index contributed by atoms with van der Waals surface area (Å²) in [5.41, 5.74) is 2.82. The van der Waals surface area contributed by atoms with Crippen molar-refractivity contribution in [3.63, 3.8) is 0 Å². The topological polar surface area (TPSA) is 57.5 Å². The van der Waals surface area contributed by atoms with Crippen molar-refractivity contribution in [1.82, 2.24) is 0 Å². The van der Waals surface area contributed by atoms with Crippen LogP contribution in [0.3, 0.4) is 0 Å². The molecule has 3 heteroatoms. The number of rotatable bonds is 2. The number of aliphatic hydroxyl groups is 2. The van der Waals surface area contributed by atoms with E-state index in [0.717, 1.165) is 36.0 Å². The zero-order chi connectivity index (χ0) is 13.3. The number of carbonyl (C=O) groups excluding carboxylic acids is 1. The lowest BCUT2D eigenvalue weighted by Gasteiger charge is -2.35. The highest BCUT2D eigenvalue weighted by Gasteiger charge is 2.37. The molecular weight excluding hydrogens is 228 g/mol. The van der Waals surface area contributed by atoms with E-state index in [-0.39, 0.29) is 30.3 Å². The summed E-state index contributed by atoms with van der Waals surface area (Å²) in [6.07, 6.45) is 5.33. The van der Waals surface area contributed by atoms with Crippen LogP contribution in [0.2, 0.25) is 0 Å². The minimum Gasteiger partial charge on any atom is -0.396 e. The predicted octanol–water partition coefficient (Wildman–Crippen LogP) is 1.99. The molecule has 2 rings (SSSR count). The predicted molar refractivity (Wildman–Crippen MR) is 70.0 cm³/mol. The van der Waals surface area contributed by atoms with E-state index in [0.29, 0.717) is 6.42 Å². The van der Waals surface area contributed by atoms with Crippen LogP contribution in [0.5, 0.6) is 0 Å². The average Bonchev–Trinajstić information content (AvgIpc) is 2.51. The third kappa shape index (κ3) is 2.17. The highest BCUT2D eigenvalue weighted by atomic mass is 16.3. The molecule has 0 bridgehead atoms. The maximum atomic E-state index is 11.9. The number of hydrogen-bond donors (Lipinski definition) is 2. The number of Topliss-reactive ketones (excluding diaryl/α,β-unsaturated/α-hetero) is 1. The van der Waals surface area contributed by atoms with Gasteiger partial charge >= 0.3 is 0 Å². The smallest absolute Gasteiger partial charge is 0.158 e. The molecule has 0 aromatic carbocycles. The van der Waals surface area contributed by atoms with Gasteiger partial charge in [-0.15, -0.1) is 0 Å². The van der Waals surface area contributed by atoms with Gasteiger partial charge in [0.15, 0.2) is 5.78 Å². The van der Waals surface area contributed by atoms with Crippen LogP contribution in [0, 0.1) is 11.3 Å². The monoisotopic (exact) mass is 250 g/mol. The fourth-order valence-corrected chi connectivity index (χ4v) is 3.22. The second-order valence-corrected chi connectivity index (χ2v) is 5.82. The zero-order valence-corrected chi connectivity index (χ0v) is 11.2. The summed E-state index contributed by atoms with van der Waals surface area (Å²) in [7, 11) is 0. The maximum absolute atomic E-state index is 11.9. The molecule has 18 heavy (non-hydrogen) atoms. The molecule has 0 spiro atoms. The fourth-order valence-electron chi connectivity index (χ4n) is 3.22. The Kier molecular flexibility index (Phi) is 3.74. The van der Waals surface area contributed by atoms with E-state index in [4.69, 9.17) is 0 Å². The first kappa shape index (κ1) is 13.5. The quantitative estimate of drug-likeness (QED) is 0.788. The molecule has 0 amide bonds. The Hall–Kier alpha value is -0.930. The zero-order valence-electron chi connectivity index (χ0n) is 11.2. The van der Waals surface area contributed by atoms with E-state index in [1.807, 2.05) is 13.0 Å². The molecule has 0 aromatic heterocycles. The van der Waals surface area contributed by atoms with E-state index in [2.05, 4.69) is 6.92 Å². The van der Waals surface area contributed by atoms with Gasteiger partial charge in [0.05, 0.1) is 6.61 Å². The van der Waals surface area contributed by atoms with E-state index in [1.165, 1.54) is 0 Å². The number of carbonyl (C=O) groups is 1. The van der Waals surface area contributed by atoms with Crippen LogP contribution in [0.4, 0.5) is 0 Å². The molecule has 0 saturated heterocycles. The van der Waals surface area contributed by atoms with Gasteiger partial charge in [-0.25, -0.2) is 0 Å². The second-order valence-electron chi connectivity index (χ2n) is 5.82. The Labute approximate surface area is 108 Å². The Balaban J connectivity index is 2.50. The van der Waals surface area contributed by atoms with Crippen LogP contribution in [0.15, 0.2) is 22.8 Å². The molecule has 0 radical (unpaired) electrons. The van der Waals surface area contributed by atoms with Crippen molar-refractivity contribution in [1.29, 1.82) is 0 Å². The Morgan fingerprint density at radius 3 is 2.72 bits per heavy atom. The molecule has 0 aliphatic heterocycles. The molecule has 2 atom stereocenters. The lowest BCUT2D eigenvalue weighted by Crippen LogP contribution is -2.27. The molecule has 2 N–H and O–H groups in total. The molecular formula is C15H22O3. The SMILES string of the molecule is CC1=C2C=C(CO)[C@H](CO)CC[C@@]2(C)CCC1=O. The summed E-state index contributed by atoms with van der Waals surface area (Å²) >= 11 is 0. The van der Waals surface area contributed by atoms with Crippen molar-refractivity contribution in [3.05, 3.63) is 22.8 Å². The Morgan fingerprint density at radius 2 is 2.11 bits per heavy atom. The molecule has 0 aromatic rings. The van der Waals surface area contributed by atoms with Crippen LogP contribution in [0.25, 0.3) is 0 Å². The van der Waals surface area contributed by atoms with Gasteiger partial charge in [0.1, 0.15) is 0 Å². The van der Waals surface area contributed by atoms with Gasteiger partial charge in [-0.1, -0.05) is 13.0 Å². The number of aliphatic hydroxyl groups excluding tert-OH is 2. The average molecular weight is 250 g/mol. The first-order chi connectivity index (χ1) is 8.51. The molecule has 100 valence electrons. The fraction of sp³-hybridized carbons (Fsp3) is 0.667. The lowest BCUT2D eigenvalue weighted by molar-refractivity contribution is -0.116. The summed E-state index contributed by atoms with van der Waals surface area (Å²) in [6, 6.07) is 0. The van der Waals surface area contributed by atoms with Gasteiger partial charge < -0.3 is 10.2 Å². The standard InChI is InChI=1S/C15H22O3/c1-10-13-7-12(9-17)11(8-16)3-5-15(13,2)6-4-14(10)18/h7,11,16-17H,3-6,8-9H2,1-2H3/t11-,15-/m0/s1. The minimum absolute atomic E-state index is 0.0301. The summed E-state index contributed by atoms with van der Waals surface area (Å²) in [5.74, 6) is 0.256. The number of hydrogen-bond acceptors (Lipinski definition) is 3. The first-order valence-corrected chi connectivity index (χ1v) is 6.68. The van der Waals surface area contributed by atoms with E-state index < -0.39 is 0 Å². The molecule has 0 heterocycles. The third-order valence-electron chi connectivity index (χ3n) is 4.68. The third-order valence-corrected chi connectivity index (χ3v) is 4.68. The van der Waals surface area contributed by atoms with Crippen LogP contribution in [-0.4, -0.2) is 29.2 Å². The largest absolute Gasteiger partial charge is 0.396 e. The second kappa shape index (κ2) is 4.98. The minimum atomic E-state index is -0.0354. The van der Waals surface area contributed by atoms with Gasteiger partial charge in [-0.05, 0) is 48.3 Å². The summed E-state index contributed by atoms with van der Waals surface area (Å²) in [6.45, 7) is 4.12. The lowest BCUT2D eigenvalue weighted by atomic mass is 9.69. The first-order valence-electron chi connectivity index (χ1n) is 6.68. The van der Waals surface area contributed by atoms with E-state index >= 15 is 0 Å². The molecule has 2 aliphatic carbocycles. The number of ketones is 1. The van der Waals surface area contributed by atoms with Crippen molar-refractivity contribution in [2.75, 3.05) is 13.2 Å². The van der Waals surface area contributed by atoms with E-state index in [9.17, 15) is 15.0 Å². The number of fused-ring (bicyclic) bond motifs is 1. The number of allylic oxidation sites excluding steroid dienone is 3. The van der Waals surface area contributed by atoms with Gasteiger partial charge in [0.25, 0.3) is 0 Å². The van der Waals surface area contributed by atoms with Crippen molar-refractivity contribution >= 4 is 5.78 Å². The van der Waals surface area contributed by atoms with Gasteiger partial charge in [0.2, 0.25) is 0 Å². The van der Waals surface area contributed by atoms with Crippen LogP contribution in [0.1, 0.15) is 39.5 Å². The molecule has 2 aliphatic rings. The summed E-state index contributed by atoms with van der Waals surface area (Å²) < 4.78 is 0. The van der Waals surface area contributed by atoms with Crippen molar-refractivity contribution in [3.8, 4) is 0 Å². The highest BCUT2D eigenvalue weighted by molar-refractivity contribution is 5.97. The summed E-state index contributed by atoms with van der Waals surface area (Å²) in [4.78, 5) is 11.9. The Bertz CT molecular complexity index is 419. The summed E-state index contributed by atoms with van der Waals surface area (Å²) in [5, 5.41) is 18.9. The highest BCUT2D eigenvalue weighted by Crippen LogP contribution is 2.47. The molecule has 0 fully saturated rings. The maximum Gasteiger partial charge on any atom is 0.158 e. The Morgan fingerprint density at radius 1 is 1.39 bits per heavy atom. The molecule has 3 nitrogen and oxygen atoms in total. The molecule has 0 unspecified atom stereocenters. The van der Waals surface area contributed by atoms with Gasteiger partial charge in [0, 0.05) is 18.9 Å². The van der Waals surface area contributed by atoms with Crippen LogP contribution < -0.4 is 0 Å². The normalized spacial score (nSPS) is 33.0. The van der Waals surface area contributed by atoms with E-state index in [1.54, 1.807) is 0 Å². The van der Waals surface area contributed by atoms with Crippen LogP contribution >= 0.6 is 0 Å². The van der Waals surface area contributed by atoms with Crippen molar-refractivity contribution < 1.29 is 15.0 Å².